The van der Waals surface area contributed by atoms with E-state index in [1.807, 2.05) is 0 Å². The van der Waals surface area contributed by atoms with Crippen LogP contribution in [0.2, 0.25) is 0 Å². The standard InChI is InChI=1S/C6H12N2O/c1-7-3-5-2-6(4-7)8(5)9/h5-6,9H,2-4H2,1H3. The van der Waals surface area contributed by atoms with E-state index in [2.05, 4.69) is 11.9 Å². The van der Waals surface area contributed by atoms with Crippen LogP contribution in [0.15, 0.2) is 0 Å². The number of nitrogens with zero attached hydrogens (tertiary/aromatic N) is 2. The lowest BCUT2D eigenvalue weighted by molar-refractivity contribution is -0.251. The number of likely N-dealkylation sites (N-methyl/N-ethyl adjacent to an activating group) is 1. The van der Waals surface area contributed by atoms with Crippen molar-refractivity contribution in [2.24, 2.45) is 0 Å². The summed E-state index contributed by atoms with van der Waals surface area (Å²) in [6.45, 7) is 2.07. The first-order valence-corrected chi connectivity index (χ1v) is 3.43. The maximum absolute atomic E-state index is 9.15. The lowest BCUT2D eigenvalue weighted by Gasteiger charge is -2.51. The summed E-state index contributed by atoms with van der Waals surface area (Å²) in [4.78, 5) is 2.27. The van der Waals surface area contributed by atoms with Gasteiger partial charge in [0.2, 0.25) is 0 Å². The number of piperidine rings is 1. The zero-order valence-electron chi connectivity index (χ0n) is 5.62. The van der Waals surface area contributed by atoms with E-state index in [9.17, 15) is 0 Å². The fourth-order valence-corrected chi connectivity index (χ4v) is 1.80. The molecule has 0 spiro atoms. The molecule has 0 amide bonds. The average molecular weight is 128 g/mol. The normalized spacial score (nSPS) is 44.7. The summed E-state index contributed by atoms with van der Waals surface area (Å²) in [7, 11) is 2.10. The topological polar surface area (TPSA) is 26.7 Å². The van der Waals surface area contributed by atoms with Gasteiger partial charge in [0.25, 0.3) is 0 Å². The second-order valence-electron chi connectivity index (χ2n) is 3.14. The lowest BCUT2D eigenvalue weighted by atomic mass is 9.91. The highest BCUT2D eigenvalue weighted by Crippen LogP contribution is 2.28. The van der Waals surface area contributed by atoms with Crippen LogP contribution in [-0.2, 0) is 0 Å². The highest BCUT2D eigenvalue weighted by Gasteiger charge is 2.42. The molecule has 52 valence electrons. The van der Waals surface area contributed by atoms with Crippen molar-refractivity contribution in [3.05, 3.63) is 0 Å². The van der Waals surface area contributed by atoms with Gasteiger partial charge in [0.05, 0.1) is 0 Å². The largest absolute Gasteiger partial charge is 0.313 e. The molecule has 2 unspecified atom stereocenters. The molecule has 2 atom stereocenters. The molecular weight excluding hydrogens is 116 g/mol. The van der Waals surface area contributed by atoms with E-state index in [0.29, 0.717) is 12.1 Å². The predicted molar refractivity (Wildman–Crippen MR) is 33.3 cm³/mol. The van der Waals surface area contributed by atoms with Crippen molar-refractivity contribution in [2.75, 3.05) is 20.1 Å². The van der Waals surface area contributed by atoms with Crippen LogP contribution >= 0.6 is 0 Å². The summed E-state index contributed by atoms with van der Waals surface area (Å²) < 4.78 is 0. The van der Waals surface area contributed by atoms with Gasteiger partial charge >= 0.3 is 0 Å². The van der Waals surface area contributed by atoms with Crippen molar-refractivity contribution in [1.82, 2.24) is 9.96 Å². The molecule has 0 radical (unpaired) electrons. The van der Waals surface area contributed by atoms with E-state index in [-0.39, 0.29) is 0 Å². The molecular formula is C6H12N2O. The van der Waals surface area contributed by atoms with Crippen molar-refractivity contribution >= 4 is 0 Å². The number of fused-ring (bicyclic) bond motifs is 2. The van der Waals surface area contributed by atoms with Gasteiger partial charge in [-0.1, -0.05) is 0 Å². The molecule has 3 fully saturated rings. The Hall–Kier alpha value is -0.120. The second-order valence-corrected chi connectivity index (χ2v) is 3.14. The van der Waals surface area contributed by atoms with E-state index >= 15 is 0 Å². The summed E-state index contributed by atoms with van der Waals surface area (Å²) >= 11 is 0. The predicted octanol–water partition coefficient (Wildman–Crippen LogP) is -0.236. The Morgan fingerprint density at radius 2 is 1.89 bits per heavy atom. The van der Waals surface area contributed by atoms with Crippen LogP contribution in [0, 0.1) is 0 Å². The van der Waals surface area contributed by atoms with E-state index < -0.39 is 0 Å². The number of hydroxylamine groups is 2. The van der Waals surface area contributed by atoms with Crippen LogP contribution in [0.4, 0.5) is 0 Å². The van der Waals surface area contributed by atoms with E-state index in [1.165, 1.54) is 11.5 Å². The first-order chi connectivity index (χ1) is 4.27. The molecule has 3 aliphatic rings. The molecule has 0 aromatic heterocycles. The summed E-state index contributed by atoms with van der Waals surface area (Å²) in [5.74, 6) is 0. The van der Waals surface area contributed by atoms with Crippen molar-refractivity contribution in [1.29, 1.82) is 0 Å². The first kappa shape index (κ1) is 5.65. The Morgan fingerprint density at radius 3 is 2.22 bits per heavy atom. The van der Waals surface area contributed by atoms with Crippen molar-refractivity contribution < 1.29 is 5.21 Å². The Labute approximate surface area is 54.8 Å². The SMILES string of the molecule is CN1CC2CC(C1)N2O. The highest BCUT2D eigenvalue weighted by atomic mass is 16.5. The summed E-state index contributed by atoms with van der Waals surface area (Å²) in [5, 5.41) is 10.7. The third kappa shape index (κ3) is 0.689. The molecule has 0 aromatic carbocycles. The Balaban J connectivity index is 2.01. The monoisotopic (exact) mass is 128 g/mol. The molecule has 0 aromatic rings. The van der Waals surface area contributed by atoms with Gasteiger partial charge in [-0.3, -0.25) is 0 Å². The zero-order chi connectivity index (χ0) is 6.43. The van der Waals surface area contributed by atoms with Crippen LogP contribution in [-0.4, -0.2) is 47.4 Å². The minimum atomic E-state index is 0.439. The van der Waals surface area contributed by atoms with Gasteiger partial charge in [-0.15, -0.1) is 0 Å². The Bertz CT molecular complexity index is 116. The molecule has 1 N–H and O–H groups in total. The Morgan fingerprint density at radius 1 is 1.33 bits per heavy atom. The molecule has 3 saturated heterocycles. The van der Waals surface area contributed by atoms with Gasteiger partial charge in [-0.25, -0.2) is 0 Å². The smallest absolute Gasteiger partial charge is 0.0497 e. The van der Waals surface area contributed by atoms with Crippen LogP contribution in [0.5, 0.6) is 0 Å². The van der Waals surface area contributed by atoms with Crippen molar-refractivity contribution in [3.63, 3.8) is 0 Å². The van der Waals surface area contributed by atoms with Crippen LogP contribution < -0.4 is 0 Å². The molecule has 3 aliphatic heterocycles. The van der Waals surface area contributed by atoms with Crippen LogP contribution in [0.1, 0.15) is 6.42 Å². The third-order valence-corrected chi connectivity index (χ3v) is 2.34. The van der Waals surface area contributed by atoms with E-state index in [1.54, 1.807) is 0 Å². The molecule has 3 nitrogen and oxygen atoms in total. The van der Waals surface area contributed by atoms with Gasteiger partial charge in [0, 0.05) is 25.2 Å². The molecule has 3 heterocycles. The number of hydrogen-bond donors (Lipinski definition) is 1. The van der Waals surface area contributed by atoms with Gasteiger partial charge in [-0.05, 0) is 13.5 Å². The summed E-state index contributed by atoms with van der Waals surface area (Å²) in [6, 6.07) is 0.877. The highest BCUT2D eigenvalue weighted by molar-refractivity contribution is 4.95. The first-order valence-electron chi connectivity index (χ1n) is 3.43. The van der Waals surface area contributed by atoms with Crippen LogP contribution in [0.3, 0.4) is 0 Å². The summed E-state index contributed by atoms with van der Waals surface area (Å²) in [6.07, 6.45) is 1.20. The quantitative estimate of drug-likeness (QED) is 0.488. The number of rotatable bonds is 0. The maximum Gasteiger partial charge on any atom is 0.0497 e. The fourth-order valence-electron chi connectivity index (χ4n) is 1.80. The molecule has 2 bridgehead atoms. The second kappa shape index (κ2) is 1.68. The van der Waals surface area contributed by atoms with Crippen molar-refractivity contribution in [2.45, 2.75) is 18.5 Å². The van der Waals surface area contributed by atoms with E-state index in [4.69, 9.17) is 5.21 Å². The average Bonchev–Trinajstić information content (AvgIpc) is 1.87. The van der Waals surface area contributed by atoms with Crippen LogP contribution in [0.25, 0.3) is 0 Å². The molecule has 9 heavy (non-hydrogen) atoms. The molecule has 0 saturated carbocycles. The maximum atomic E-state index is 9.15. The third-order valence-electron chi connectivity index (χ3n) is 2.34. The number of hydrogen-bond acceptors (Lipinski definition) is 3. The minimum absolute atomic E-state index is 0.439. The minimum Gasteiger partial charge on any atom is -0.313 e. The zero-order valence-corrected chi connectivity index (χ0v) is 5.62. The van der Waals surface area contributed by atoms with Gasteiger partial charge in [-0.2, -0.15) is 5.06 Å². The number of piperazine rings is 1. The van der Waals surface area contributed by atoms with E-state index in [0.717, 1.165) is 13.1 Å². The Kier molecular flexibility index (Phi) is 1.06. The summed E-state index contributed by atoms with van der Waals surface area (Å²) in [5.41, 5.74) is 0. The molecule has 0 aliphatic carbocycles. The van der Waals surface area contributed by atoms with Gasteiger partial charge in [0.1, 0.15) is 0 Å². The molecule has 3 heteroatoms. The van der Waals surface area contributed by atoms with Gasteiger partial charge in [0.15, 0.2) is 0 Å². The van der Waals surface area contributed by atoms with Gasteiger partial charge < -0.3 is 10.1 Å². The molecule has 3 rings (SSSR count). The van der Waals surface area contributed by atoms with Crippen molar-refractivity contribution in [3.8, 4) is 0 Å². The fraction of sp³-hybridized carbons (Fsp3) is 1.00. The lowest BCUT2D eigenvalue weighted by Crippen LogP contribution is -2.66.